The van der Waals surface area contributed by atoms with Crippen LogP contribution in [0.3, 0.4) is 0 Å². The minimum absolute atomic E-state index is 0.00851. The van der Waals surface area contributed by atoms with Crippen molar-refractivity contribution in [3.8, 4) is 0 Å². The maximum atomic E-state index is 12.9. The lowest BCUT2D eigenvalue weighted by atomic mass is 10.2. The highest BCUT2D eigenvalue weighted by molar-refractivity contribution is 5.91. The summed E-state index contributed by atoms with van der Waals surface area (Å²) in [4.78, 5) is 30.4. The van der Waals surface area contributed by atoms with E-state index in [1.807, 2.05) is 18.2 Å². The summed E-state index contributed by atoms with van der Waals surface area (Å²) < 4.78 is 11.1. The Labute approximate surface area is 140 Å². The van der Waals surface area contributed by atoms with E-state index in [2.05, 4.69) is 4.98 Å². The van der Waals surface area contributed by atoms with Crippen molar-refractivity contribution in [3.05, 3.63) is 64.0 Å². The lowest BCUT2D eigenvalue weighted by molar-refractivity contribution is 0.0478. The highest BCUT2D eigenvalue weighted by Crippen LogP contribution is 2.17. The van der Waals surface area contributed by atoms with Crippen molar-refractivity contribution in [2.24, 2.45) is 0 Å². The van der Waals surface area contributed by atoms with Crippen LogP contribution in [0.4, 0.5) is 0 Å². The molecule has 1 fully saturated rings. The zero-order chi connectivity index (χ0) is 16.9. The first-order valence-corrected chi connectivity index (χ1v) is 8.04. The molecule has 0 radical (unpaired) electrons. The first-order chi connectivity index (χ1) is 11.6. The Morgan fingerprint density at radius 2 is 2.25 bits per heavy atom. The molecular formula is C18H20N2O4. The molecule has 0 bridgehead atoms. The first kappa shape index (κ1) is 16.4. The fourth-order valence-corrected chi connectivity index (χ4v) is 2.81. The molecule has 126 valence electrons. The molecule has 3 rings (SSSR count). The van der Waals surface area contributed by atoms with Gasteiger partial charge in [-0.3, -0.25) is 14.6 Å². The third-order valence-electron chi connectivity index (χ3n) is 3.91. The Hall–Kier alpha value is -2.47. The van der Waals surface area contributed by atoms with E-state index in [-0.39, 0.29) is 23.2 Å². The third kappa shape index (κ3) is 4.08. The molecule has 1 aliphatic heterocycles. The molecule has 0 saturated carbocycles. The van der Waals surface area contributed by atoms with Gasteiger partial charge in [-0.15, -0.1) is 0 Å². The SMILES string of the molecule is Cc1cc(=O)cc(C(=O)N(Cc2ccccn2)C[C@@H]2CCCO2)o1. The van der Waals surface area contributed by atoms with Crippen LogP contribution in [-0.2, 0) is 11.3 Å². The van der Waals surface area contributed by atoms with Crippen LogP contribution in [0.15, 0.2) is 45.7 Å². The van der Waals surface area contributed by atoms with Gasteiger partial charge in [0.1, 0.15) is 5.76 Å². The summed E-state index contributed by atoms with van der Waals surface area (Å²) in [5.41, 5.74) is 0.538. The minimum atomic E-state index is -0.322. The Morgan fingerprint density at radius 1 is 1.38 bits per heavy atom. The van der Waals surface area contributed by atoms with E-state index >= 15 is 0 Å². The van der Waals surface area contributed by atoms with Crippen molar-refractivity contribution in [2.45, 2.75) is 32.4 Å². The maximum absolute atomic E-state index is 12.9. The molecule has 1 amide bonds. The summed E-state index contributed by atoms with van der Waals surface area (Å²) in [6.07, 6.45) is 3.62. The summed E-state index contributed by atoms with van der Waals surface area (Å²) in [6.45, 7) is 3.17. The average molecular weight is 328 g/mol. The van der Waals surface area contributed by atoms with E-state index < -0.39 is 0 Å². The highest BCUT2D eigenvalue weighted by atomic mass is 16.5. The number of aromatic nitrogens is 1. The Bertz CT molecular complexity index is 751. The number of rotatable bonds is 5. The second kappa shape index (κ2) is 7.40. The molecule has 3 heterocycles. The number of hydrogen-bond donors (Lipinski definition) is 0. The molecule has 0 unspecified atom stereocenters. The molecule has 24 heavy (non-hydrogen) atoms. The summed E-state index contributed by atoms with van der Waals surface area (Å²) in [7, 11) is 0. The molecule has 6 nitrogen and oxygen atoms in total. The fraction of sp³-hybridized carbons (Fsp3) is 0.389. The van der Waals surface area contributed by atoms with E-state index in [0.29, 0.717) is 18.8 Å². The second-order valence-corrected chi connectivity index (χ2v) is 5.91. The third-order valence-corrected chi connectivity index (χ3v) is 3.91. The number of carbonyl (C=O) groups excluding carboxylic acids is 1. The van der Waals surface area contributed by atoms with Gasteiger partial charge in [-0.05, 0) is 31.9 Å². The van der Waals surface area contributed by atoms with Crippen LogP contribution in [0, 0.1) is 6.92 Å². The van der Waals surface area contributed by atoms with Crippen molar-refractivity contribution in [3.63, 3.8) is 0 Å². The monoisotopic (exact) mass is 328 g/mol. The first-order valence-electron chi connectivity index (χ1n) is 8.04. The van der Waals surface area contributed by atoms with Gasteiger partial charge < -0.3 is 14.1 Å². The quantitative estimate of drug-likeness (QED) is 0.841. The van der Waals surface area contributed by atoms with Crippen molar-refractivity contribution >= 4 is 5.91 Å². The molecule has 0 spiro atoms. The molecule has 0 aliphatic carbocycles. The average Bonchev–Trinajstić information content (AvgIpc) is 3.07. The fourth-order valence-electron chi connectivity index (χ4n) is 2.81. The van der Waals surface area contributed by atoms with Crippen LogP contribution in [0.5, 0.6) is 0 Å². The molecule has 6 heteroatoms. The molecule has 1 atom stereocenters. The van der Waals surface area contributed by atoms with Crippen molar-refractivity contribution in [2.75, 3.05) is 13.2 Å². The van der Waals surface area contributed by atoms with E-state index in [1.165, 1.54) is 12.1 Å². The summed E-state index contributed by atoms with van der Waals surface area (Å²) in [6, 6.07) is 8.16. The van der Waals surface area contributed by atoms with E-state index in [4.69, 9.17) is 9.15 Å². The Balaban J connectivity index is 1.84. The molecule has 1 aliphatic rings. The zero-order valence-electron chi connectivity index (χ0n) is 13.6. The van der Waals surface area contributed by atoms with Gasteiger partial charge in [0.25, 0.3) is 5.91 Å². The largest absolute Gasteiger partial charge is 0.456 e. The van der Waals surface area contributed by atoms with Crippen molar-refractivity contribution in [1.29, 1.82) is 0 Å². The van der Waals surface area contributed by atoms with Crippen LogP contribution >= 0.6 is 0 Å². The predicted molar refractivity (Wildman–Crippen MR) is 87.7 cm³/mol. The lowest BCUT2D eigenvalue weighted by Crippen LogP contribution is -2.37. The topological polar surface area (TPSA) is 72.6 Å². The Kier molecular flexibility index (Phi) is 5.05. The van der Waals surface area contributed by atoms with Gasteiger partial charge in [0, 0.05) is 31.5 Å². The van der Waals surface area contributed by atoms with Gasteiger partial charge in [-0.25, -0.2) is 0 Å². The molecule has 1 saturated heterocycles. The van der Waals surface area contributed by atoms with Gasteiger partial charge >= 0.3 is 0 Å². The standard InChI is InChI=1S/C18H20N2O4/c1-13-9-15(21)10-17(24-13)18(22)20(12-16-6-4-8-23-16)11-14-5-2-3-7-19-14/h2-3,5,7,9-10,16H,4,6,8,11-12H2,1H3/t16-/m0/s1. The number of ether oxygens (including phenoxy) is 1. The molecule has 0 N–H and O–H groups in total. The number of amides is 1. The maximum Gasteiger partial charge on any atom is 0.290 e. The van der Waals surface area contributed by atoms with Crippen molar-refractivity contribution in [1.82, 2.24) is 9.88 Å². The predicted octanol–water partition coefficient (Wildman–Crippen LogP) is 2.16. The number of carbonyl (C=O) groups is 1. The molecule has 2 aromatic heterocycles. The number of nitrogens with zero attached hydrogens (tertiary/aromatic N) is 2. The van der Waals surface area contributed by atoms with Crippen LogP contribution in [0.1, 0.15) is 34.9 Å². The summed E-state index contributed by atoms with van der Waals surface area (Å²) in [5, 5.41) is 0. The summed E-state index contributed by atoms with van der Waals surface area (Å²) in [5.74, 6) is 0.145. The van der Waals surface area contributed by atoms with Gasteiger partial charge in [-0.1, -0.05) is 6.07 Å². The molecule has 2 aromatic rings. The zero-order valence-corrected chi connectivity index (χ0v) is 13.6. The second-order valence-electron chi connectivity index (χ2n) is 5.91. The van der Waals surface area contributed by atoms with Gasteiger partial charge in [0.15, 0.2) is 11.2 Å². The smallest absolute Gasteiger partial charge is 0.290 e. The molecular weight excluding hydrogens is 308 g/mol. The number of aryl methyl sites for hydroxylation is 1. The van der Waals surface area contributed by atoms with Crippen LogP contribution in [-0.4, -0.2) is 35.0 Å². The Morgan fingerprint density at radius 3 is 2.92 bits per heavy atom. The van der Waals surface area contributed by atoms with Crippen LogP contribution < -0.4 is 5.43 Å². The van der Waals surface area contributed by atoms with Crippen LogP contribution in [0.2, 0.25) is 0 Å². The number of pyridine rings is 1. The van der Waals surface area contributed by atoms with Gasteiger partial charge in [0.05, 0.1) is 18.3 Å². The minimum Gasteiger partial charge on any atom is -0.456 e. The van der Waals surface area contributed by atoms with Gasteiger partial charge in [0.2, 0.25) is 0 Å². The van der Waals surface area contributed by atoms with E-state index in [1.54, 1.807) is 18.0 Å². The van der Waals surface area contributed by atoms with Gasteiger partial charge in [-0.2, -0.15) is 0 Å². The van der Waals surface area contributed by atoms with Crippen molar-refractivity contribution < 1.29 is 13.9 Å². The van der Waals surface area contributed by atoms with Crippen LogP contribution in [0.25, 0.3) is 0 Å². The lowest BCUT2D eigenvalue weighted by Gasteiger charge is -2.24. The highest BCUT2D eigenvalue weighted by Gasteiger charge is 2.25. The number of hydrogen-bond acceptors (Lipinski definition) is 5. The van der Waals surface area contributed by atoms with E-state index in [0.717, 1.165) is 25.1 Å². The molecule has 0 aromatic carbocycles. The summed E-state index contributed by atoms with van der Waals surface area (Å²) >= 11 is 0. The van der Waals surface area contributed by atoms with E-state index in [9.17, 15) is 9.59 Å². The normalized spacial score (nSPS) is 17.0.